The first-order chi connectivity index (χ1) is 10.4. The van der Waals surface area contributed by atoms with Gasteiger partial charge in [-0.15, -0.1) is 12.4 Å². The summed E-state index contributed by atoms with van der Waals surface area (Å²) in [5.41, 5.74) is 0.630. The highest BCUT2D eigenvalue weighted by atomic mass is 35.5. The molecule has 5 nitrogen and oxygen atoms in total. The average Bonchev–Trinajstić information content (AvgIpc) is 2.94. The lowest BCUT2D eigenvalue weighted by Gasteiger charge is -2.26. The van der Waals surface area contributed by atoms with E-state index in [2.05, 4.69) is 43.4 Å². The van der Waals surface area contributed by atoms with Gasteiger partial charge in [-0.25, -0.2) is 0 Å². The molecular weight excluding hydrogens is 312 g/mol. The molecule has 1 amide bonds. The predicted molar refractivity (Wildman–Crippen MR) is 96.2 cm³/mol. The van der Waals surface area contributed by atoms with Crippen molar-refractivity contribution in [1.29, 1.82) is 0 Å². The van der Waals surface area contributed by atoms with Gasteiger partial charge in [0.1, 0.15) is 5.69 Å². The standard InChI is InChI=1S/C17H30N4O.ClH/c1-13(2)10-17(3,4)12-19-16(22)15-7-9-21(20-15)14-6-5-8-18-11-14;/h7,9,13-14,18H,5-6,8,10-12H2,1-4H3,(H,19,22);1H. The zero-order valence-electron chi connectivity index (χ0n) is 14.8. The third-order valence-corrected chi connectivity index (χ3v) is 4.17. The van der Waals surface area contributed by atoms with Crippen LogP contribution < -0.4 is 10.6 Å². The molecule has 1 aliphatic heterocycles. The van der Waals surface area contributed by atoms with Gasteiger partial charge in [0.2, 0.25) is 0 Å². The molecule has 0 spiro atoms. The number of hydrogen-bond donors (Lipinski definition) is 2. The Morgan fingerprint density at radius 2 is 2.26 bits per heavy atom. The number of nitrogens with zero attached hydrogens (tertiary/aromatic N) is 2. The number of piperidine rings is 1. The maximum absolute atomic E-state index is 12.3. The predicted octanol–water partition coefficient (Wildman–Crippen LogP) is 3.03. The van der Waals surface area contributed by atoms with E-state index in [9.17, 15) is 4.79 Å². The van der Waals surface area contributed by atoms with Gasteiger partial charge >= 0.3 is 0 Å². The monoisotopic (exact) mass is 342 g/mol. The van der Waals surface area contributed by atoms with Crippen molar-refractivity contribution in [2.45, 2.75) is 53.0 Å². The van der Waals surface area contributed by atoms with Gasteiger partial charge in [0.25, 0.3) is 5.91 Å². The Labute approximate surface area is 146 Å². The molecule has 0 bridgehead atoms. The summed E-state index contributed by atoms with van der Waals surface area (Å²) in [6, 6.07) is 2.19. The van der Waals surface area contributed by atoms with Gasteiger partial charge in [0.05, 0.1) is 6.04 Å². The summed E-state index contributed by atoms with van der Waals surface area (Å²) in [6.45, 7) is 11.5. The van der Waals surface area contributed by atoms with Crippen molar-refractivity contribution < 1.29 is 4.79 Å². The van der Waals surface area contributed by atoms with Crippen LogP contribution in [0.1, 0.15) is 63.5 Å². The van der Waals surface area contributed by atoms with E-state index in [4.69, 9.17) is 0 Å². The van der Waals surface area contributed by atoms with Gasteiger partial charge in [-0.3, -0.25) is 9.48 Å². The molecular formula is C17H31ClN4O. The van der Waals surface area contributed by atoms with E-state index in [-0.39, 0.29) is 23.7 Å². The fourth-order valence-electron chi connectivity index (χ4n) is 3.31. The van der Waals surface area contributed by atoms with E-state index < -0.39 is 0 Å². The summed E-state index contributed by atoms with van der Waals surface area (Å²) in [7, 11) is 0. The molecule has 1 saturated heterocycles. The molecule has 0 radical (unpaired) electrons. The topological polar surface area (TPSA) is 59.0 Å². The molecule has 1 aromatic heterocycles. The minimum Gasteiger partial charge on any atom is -0.350 e. The van der Waals surface area contributed by atoms with Crippen molar-refractivity contribution >= 4 is 18.3 Å². The van der Waals surface area contributed by atoms with E-state index in [0.29, 0.717) is 24.2 Å². The summed E-state index contributed by atoms with van der Waals surface area (Å²) in [5.74, 6) is 0.560. The molecule has 0 aromatic carbocycles. The minimum atomic E-state index is -0.0700. The van der Waals surface area contributed by atoms with Gasteiger partial charge in [-0.05, 0) is 43.2 Å². The third-order valence-electron chi connectivity index (χ3n) is 4.17. The van der Waals surface area contributed by atoms with E-state index in [0.717, 1.165) is 32.4 Å². The largest absolute Gasteiger partial charge is 0.350 e. The molecule has 1 aromatic rings. The second kappa shape index (κ2) is 8.69. The van der Waals surface area contributed by atoms with Crippen LogP contribution in [0.25, 0.3) is 0 Å². The van der Waals surface area contributed by atoms with Crippen LogP contribution in [-0.2, 0) is 0 Å². The molecule has 2 N–H and O–H groups in total. The molecule has 23 heavy (non-hydrogen) atoms. The highest BCUT2D eigenvalue weighted by Gasteiger charge is 2.22. The van der Waals surface area contributed by atoms with Crippen LogP contribution in [0.3, 0.4) is 0 Å². The van der Waals surface area contributed by atoms with Crippen LogP contribution in [-0.4, -0.2) is 35.3 Å². The number of hydrogen-bond acceptors (Lipinski definition) is 3. The van der Waals surface area contributed by atoms with Crippen molar-refractivity contribution in [1.82, 2.24) is 20.4 Å². The highest BCUT2D eigenvalue weighted by molar-refractivity contribution is 5.92. The lowest BCUT2D eigenvalue weighted by Crippen LogP contribution is -2.35. The number of carbonyl (C=O) groups is 1. The summed E-state index contributed by atoms with van der Waals surface area (Å²) < 4.78 is 1.93. The Morgan fingerprint density at radius 1 is 1.52 bits per heavy atom. The first-order valence-corrected chi connectivity index (χ1v) is 8.41. The second-order valence-electron chi connectivity index (χ2n) is 7.63. The summed E-state index contributed by atoms with van der Waals surface area (Å²) in [5, 5.41) is 10.9. The number of halogens is 1. The maximum atomic E-state index is 12.3. The lowest BCUT2D eigenvalue weighted by molar-refractivity contribution is 0.0925. The fraction of sp³-hybridized carbons (Fsp3) is 0.765. The number of carbonyl (C=O) groups excluding carboxylic acids is 1. The average molecular weight is 343 g/mol. The zero-order chi connectivity index (χ0) is 16.2. The molecule has 1 fully saturated rings. The van der Waals surface area contributed by atoms with Crippen LogP contribution in [0.5, 0.6) is 0 Å². The number of rotatable bonds is 6. The second-order valence-corrected chi connectivity index (χ2v) is 7.63. The van der Waals surface area contributed by atoms with Crippen molar-refractivity contribution in [2.24, 2.45) is 11.3 Å². The molecule has 1 aliphatic rings. The normalized spacial score (nSPS) is 18.6. The van der Waals surface area contributed by atoms with E-state index in [1.54, 1.807) is 0 Å². The van der Waals surface area contributed by atoms with Crippen molar-refractivity contribution in [3.05, 3.63) is 18.0 Å². The van der Waals surface area contributed by atoms with Gasteiger partial charge in [-0.2, -0.15) is 5.10 Å². The molecule has 1 atom stereocenters. The van der Waals surface area contributed by atoms with E-state index in [1.807, 2.05) is 16.9 Å². The van der Waals surface area contributed by atoms with Crippen LogP contribution in [0.4, 0.5) is 0 Å². The first kappa shape index (κ1) is 20.0. The smallest absolute Gasteiger partial charge is 0.271 e. The quantitative estimate of drug-likeness (QED) is 0.835. The molecule has 0 saturated carbocycles. The Balaban J connectivity index is 0.00000264. The first-order valence-electron chi connectivity index (χ1n) is 8.41. The zero-order valence-corrected chi connectivity index (χ0v) is 15.6. The Kier molecular flexibility index (Phi) is 7.55. The summed E-state index contributed by atoms with van der Waals surface area (Å²) >= 11 is 0. The van der Waals surface area contributed by atoms with Crippen LogP contribution in [0.2, 0.25) is 0 Å². The minimum absolute atomic E-state index is 0. The number of nitrogens with one attached hydrogen (secondary N) is 2. The van der Waals surface area contributed by atoms with Crippen molar-refractivity contribution in [2.75, 3.05) is 19.6 Å². The summed E-state index contributed by atoms with van der Waals surface area (Å²) in [4.78, 5) is 12.3. The maximum Gasteiger partial charge on any atom is 0.271 e. The molecule has 1 unspecified atom stereocenters. The molecule has 2 rings (SSSR count). The van der Waals surface area contributed by atoms with Crippen LogP contribution in [0.15, 0.2) is 12.3 Å². The molecule has 2 heterocycles. The number of aromatic nitrogens is 2. The lowest BCUT2D eigenvalue weighted by atomic mass is 9.84. The van der Waals surface area contributed by atoms with Crippen LogP contribution in [0, 0.1) is 11.3 Å². The van der Waals surface area contributed by atoms with Gasteiger partial charge < -0.3 is 10.6 Å². The number of amides is 1. The van der Waals surface area contributed by atoms with Gasteiger partial charge in [-0.1, -0.05) is 27.7 Å². The Bertz CT molecular complexity index is 493. The van der Waals surface area contributed by atoms with E-state index in [1.165, 1.54) is 0 Å². The molecule has 0 aliphatic carbocycles. The Morgan fingerprint density at radius 3 is 2.87 bits per heavy atom. The van der Waals surface area contributed by atoms with Crippen molar-refractivity contribution in [3.8, 4) is 0 Å². The molecule has 6 heteroatoms. The molecule has 132 valence electrons. The van der Waals surface area contributed by atoms with Crippen LogP contribution >= 0.6 is 12.4 Å². The van der Waals surface area contributed by atoms with Crippen molar-refractivity contribution in [3.63, 3.8) is 0 Å². The highest BCUT2D eigenvalue weighted by Crippen LogP contribution is 2.24. The fourth-order valence-corrected chi connectivity index (χ4v) is 3.31. The summed E-state index contributed by atoms with van der Waals surface area (Å²) in [6.07, 6.45) is 5.30. The SMILES string of the molecule is CC(C)CC(C)(C)CNC(=O)c1ccn(C2CCCNC2)n1.Cl. The van der Waals surface area contributed by atoms with Gasteiger partial charge in [0, 0.05) is 19.3 Å². The Hall–Kier alpha value is -1.07. The third kappa shape index (κ3) is 6.15. The van der Waals surface area contributed by atoms with Gasteiger partial charge in [0.15, 0.2) is 0 Å². The van der Waals surface area contributed by atoms with E-state index >= 15 is 0 Å².